The topological polar surface area (TPSA) is 80.9 Å². The number of carbonyl (C=O) groups is 1. The van der Waals surface area contributed by atoms with Gasteiger partial charge in [0, 0.05) is 10.4 Å². The number of hydrogen-bond donors (Lipinski definition) is 2. The first-order chi connectivity index (χ1) is 12.7. The van der Waals surface area contributed by atoms with Crippen LogP contribution in [0.3, 0.4) is 0 Å². The summed E-state index contributed by atoms with van der Waals surface area (Å²) in [4.78, 5) is 13.3. The minimum Gasteiger partial charge on any atom is -0.485 e. The van der Waals surface area contributed by atoms with Crippen molar-refractivity contribution in [3.8, 4) is 11.5 Å². The van der Waals surface area contributed by atoms with Crippen LogP contribution >= 0.6 is 11.3 Å². The Morgan fingerprint density at radius 3 is 2.81 bits per heavy atom. The van der Waals surface area contributed by atoms with Gasteiger partial charge in [-0.25, -0.2) is 0 Å². The van der Waals surface area contributed by atoms with Crippen molar-refractivity contribution >= 4 is 17.2 Å². The van der Waals surface area contributed by atoms with Crippen molar-refractivity contribution in [1.29, 1.82) is 0 Å². The number of furan rings is 1. The molecule has 0 spiro atoms. The van der Waals surface area contributed by atoms with Crippen LogP contribution in [0.5, 0.6) is 11.5 Å². The van der Waals surface area contributed by atoms with E-state index in [-0.39, 0.29) is 19.1 Å². The van der Waals surface area contributed by atoms with Crippen molar-refractivity contribution in [1.82, 2.24) is 5.32 Å². The molecule has 26 heavy (non-hydrogen) atoms. The van der Waals surface area contributed by atoms with E-state index in [0.717, 1.165) is 0 Å². The molecule has 2 aromatic heterocycles. The second kappa shape index (κ2) is 6.86. The van der Waals surface area contributed by atoms with Gasteiger partial charge in [-0.15, -0.1) is 11.3 Å². The lowest BCUT2D eigenvalue weighted by molar-refractivity contribution is -0.131. The first-order valence-corrected chi connectivity index (χ1v) is 9.00. The molecule has 0 bridgehead atoms. The number of thiophene rings is 1. The molecule has 0 radical (unpaired) electrons. The molecular formula is C19H17NO5S. The standard InChI is InChI=1S/C19H17NO5S/c21-18(16-11-24-14-4-1-2-5-15(14)25-16)20-12-19(22,13-7-8-23-10-13)17-6-3-9-26-17/h1-10,16,22H,11-12H2,(H,20,21)/t16-,19+/m0/s1. The lowest BCUT2D eigenvalue weighted by atomic mass is 9.94. The third-order valence-electron chi connectivity index (χ3n) is 4.25. The molecule has 7 heteroatoms. The molecule has 3 heterocycles. The molecule has 0 unspecified atom stereocenters. The smallest absolute Gasteiger partial charge is 0.264 e. The van der Waals surface area contributed by atoms with E-state index in [4.69, 9.17) is 13.9 Å². The SMILES string of the molecule is O=C(NC[C@@](O)(c1ccoc1)c1cccs1)[C@@H]1COc2ccccc2O1. The molecule has 1 aliphatic heterocycles. The second-order valence-corrected chi connectivity index (χ2v) is 6.88. The lowest BCUT2D eigenvalue weighted by Gasteiger charge is -2.29. The van der Waals surface area contributed by atoms with E-state index in [0.29, 0.717) is 21.9 Å². The van der Waals surface area contributed by atoms with Crippen LogP contribution < -0.4 is 14.8 Å². The van der Waals surface area contributed by atoms with Crippen LogP contribution in [-0.4, -0.2) is 30.3 Å². The summed E-state index contributed by atoms with van der Waals surface area (Å²) in [7, 11) is 0. The van der Waals surface area contributed by atoms with E-state index in [1.54, 1.807) is 18.2 Å². The Bertz CT molecular complexity index is 841. The van der Waals surface area contributed by atoms with Gasteiger partial charge < -0.3 is 24.3 Å². The summed E-state index contributed by atoms with van der Waals surface area (Å²) in [5.74, 6) is 0.797. The number of ether oxygens (including phenoxy) is 2. The Hall–Kier alpha value is -2.77. The largest absolute Gasteiger partial charge is 0.485 e. The summed E-state index contributed by atoms with van der Waals surface area (Å²) in [6.07, 6.45) is 2.19. The monoisotopic (exact) mass is 371 g/mol. The zero-order chi connectivity index (χ0) is 18.0. The Labute approximate surface area is 154 Å². The fourth-order valence-electron chi connectivity index (χ4n) is 2.82. The van der Waals surface area contributed by atoms with Crippen molar-refractivity contribution in [2.45, 2.75) is 11.7 Å². The van der Waals surface area contributed by atoms with Gasteiger partial charge in [-0.2, -0.15) is 0 Å². The Balaban J connectivity index is 1.48. The third kappa shape index (κ3) is 3.07. The molecule has 1 aliphatic rings. The van der Waals surface area contributed by atoms with Gasteiger partial charge in [0.05, 0.1) is 19.1 Å². The number of para-hydroxylation sites is 2. The minimum atomic E-state index is -1.37. The van der Waals surface area contributed by atoms with E-state index in [1.165, 1.54) is 23.9 Å². The molecular weight excluding hydrogens is 354 g/mol. The van der Waals surface area contributed by atoms with Crippen molar-refractivity contribution in [3.05, 3.63) is 70.8 Å². The maximum atomic E-state index is 12.5. The Kier molecular flexibility index (Phi) is 4.40. The van der Waals surface area contributed by atoms with Crippen LogP contribution in [-0.2, 0) is 10.4 Å². The predicted molar refractivity (Wildman–Crippen MR) is 95.4 cm³/mol. The summed E-state index contributed by atoms with van der Waals surface area (Å²) in [6.45, 7) is 0.110. The van der Waals surface area contributed by atoms with Gasteiger partial charge in [-0.3, -0.25) is 4.79 Å². The van der Waals surface area contributed by atoms with Crippen molar-refractivity contribution in [3.63, 3.8) is 0 Å². The fraction of sp³-hybridized carbons (Fsp3) is 0.211. The Morgan fingerprint density at radius 2 is 2.08 bits per heavy atom. The number of hydrogen-bond acceptors (Lipinski definition) is 6. The van der Waals surface area contributed by atoms with Crippen LogP contribution in [0.2, 0.25) is 0 Å². The second-order valence-electron chi connectivity index (χ2n) is 5.93. The molecule has 0 fully saturated rings. The predicted octanol–water partition coefficient (Wildman–Crippen LogP) is 2.53. The van der Waals surface area contributed by atoms with Gasteiger partial charge in [-0.05, 0) is 29.6 Å². The molecule has 0 saturated heterocycles. The highest BCUT2D eigenvalue weighted by Gasteiger charge is 2.36. The zero-order valence-electron chi connectivity index (χ0n) is 13.8. The summed E-state index contributed by atoms with van der Waals surface area (Å²) >= 11 is 1.41. The molecule has 134 valence electrons. The number of carbonyl (C=O) groups excluding carboxylic acids is 1. The number of nitrogens with one attached hydrogen (secondary N) is 1. The highest BCUT2D eigenvalue weighted by atomic mass is 32.1. The molecule has 0 aliphatic carbocycles. The van der Waals surface area contributed by atoms with E-state index >= 15 is 0 Å². The summed E-state index contributed by atoms with van der Waals surface area (Å²) in [6, 6.07) is 12.6. The van der Waals surface area contributed by atoms with Gasteiger partial charge in [-0.1, -0.05) is 18.2 Å². The van der Waals surface area contributed by atoms with Crippen molar-refractivity contribution in [2.75, 3.05) is 13.2 Å². The van der Waals surface area contributed by atoms with Gasteiger partial charge in [0.2, 0.25) is 6.10 Å². The number of benzene rings is 1. The normalized spacial score (nSPS) is 18.1. The molecule has 4 rings (SSSR count). The molecule has 0 saturated carbocycles. The summed E-state index contributed by atoms with van der Waals surface area (Å²) < 4.78 is 16.4. The van der Waals surface area contributed by atoms with Gasteiger partial charge in [0.1, 0.15) is 12.2 Å². The van der Waals surface area contributed by atoms with Crippen LogP contribution in [0.4, 0.5) is 0 Å². The minimum absolute atomic E-state index is 0.00656. The average Bonchev–Trinajstić information content (AvgIpc) is 3.39. The van der Waals surface area contributed by atoms with Gasteiger partial charge in [0.25, 0.3) is 5.91 Å². The molecule has 1 amide bonds. The molecule has 2 N–H and O–H groups in total. The number of fused-ring (bicyclic) bond motifs is 1. The molecule has 2 atom stereocenters. The van der Waals surface area contributed by atoms with Crippen molar-refractivity contribution in [2.24, 2.45) is 0 Å². The van der Waals surface area contributed by atoms with E-state index in [2.05, 4.69) is 5.32 Å². The molecule has 3 aromatic rings. The summed E-state index contributed by atoms with van der Waals surface area (Å²) in [5.41, 5.74) is -0.795. The Morgan fingerprint density at radius 1 is 1.23 bits per heavy atom. The van der Waals surface area contributed by atoms with E-state index in [9.17, 15) is 9.90 Å². The zero-order valence-corrected chi connectivity index (χ0v) is 14.6. The first kappa shape index (κ1) is 16.7. The number of rotatable bonds is 5. The number of aliphatic hydroxyl groups is 1. The molecule has 6 nitrogen and oxygen atoms in total. The number of amides is 1. The maximum absolute atomic E-state index is 12.5. The van der Waals surface area contributed by atoms with Crippen LogP contribution in [0.1, 0.15) is 10.4 Å². The van der Waals surface area contributed by atoms with Crippen molar-refractivity contribution < 1.29 is 23.8 Å². The average molecular weight is 371 g/mol. The van der Waals surface area contributed by atoms with Gasteiger partial charge >= 0.3 is 0 Å². The van der Waals surface area contributed by atoms with Crippen LogP contribution in [0.15, 0.2) is 64.8 Å². The van der Waals surface area contributed by atoms with Crippen LogP contribution in [0.25, 0.3) is 0 Å². The first-order valence-electron chi connectivity index (χ1n) is 8.12. The highest BCUT2D eigenvalue weighted by Crippen LogP contribution is 2.33. The fourth-order valence-corrected chi connectivity index (χ4v) is 3.67. The van der Waals surface area contributed by atoms with E-state index in [1.807, 2.05) is 29.6 Å². The highest BCUT2D eigenvalue weighted by molar-refractivity contribution is 7.10. The maximum Gasteiger partial charge on any atom is 0.264 e. The van der Waals surface area contributed by atoms with Crippen LogP contribution in [0, 0.1) is 0 Å². The van der Waals surface area contributed by atoms with Gasteiger partial charge in [0.15, 0.2) is 11.5 Å². The third-order valence-corrected chi connectivity index (χ3v) is 5.27. The quantitative estimate of drug-likeness (QED) is 0.720. The summed E-state index contributed by atoms with van der Waals surface area (Å²) in [5, 5.41) is 15.8. The molecule has 1 aromatic carbocycles. The lowest BCUT2D eigenvalue weighted by Crippen LogP contribution is -2.48. The van der Waals surface area contributed by atoms with E-state index < -0.39 is 11.7 Å².